The molecule has 27 heavy (non-hydrogen) atoms. The van der Waals surface area contributed by atoms with E-state index in [9.17, 15) is 9.90 Å². The number of hydrogen-bond donors (Lipinski definition) is 2. The van der Waals surface area contributed by atoms with Crippen molar-refractivity contribution in [3.8, 4) is 16.2 Å². The van der Waals surface area contributed by atoms with Gasteiger partial charge in [-0.25, -0.2) is 0 Å². The van der Waals surface area contributed by atoms with Crippen molar-refractivity contribution in [2.24, 2.45) is 0 Å². The average Bonchev–Trinajstić information content (AvgIpc) is 3.24. The molecule has 1 aliphatic rings. The molecule has 3 aromatic rings. The zero-order chi connectivity index (χ0) is 18.6. The van der Waals surface area contributed by atoms with Crippen molar-refractivity contribution in [1.82, 2.24) is 0 Å². The maximum Gasteiger partial charge on any atom is 0.259 e. The van der Waals surface area contributed by atoms with E-state index in [1.807, 2.05) is 41.8 Å². The highest BCUT2D eigenvalue weighted by atomic mass is 32.1. The number of phenols is 1. The third-order valence-electron chi connectivity index (χ3n) is 4.87. The lowest BCUT2D eigenvalue weighted by Crippen LogP contribution is -2.29. The van der Waals surface area contributed by atoms with E-state index in [2.05, 4.69) is 16.3 Å². The predicted octanol–water partition coefficient (Wildman–Crippen LogP) is 5.36. The van der Waals surface area contributed by atoms with Gasteiger partial charge in [-0.05, 0) is 66.6 Å². The van der Waals surface area contributed by atoms with Gasteiger partial charge in [-0.1, -0.05) is 18.2 Å². The normalized spacial score (nSPS) is 14.1. The number of nitrogens with zero attached hydrogens (tertiary/aromatic N) is 1. The molecule has 0 aliphatic carbocycles. The predicted molar refractivity (Wildman–Crippen MR) is 112 cm³/mol. The number of nitrogens with one attached hydrogen (secondary N) is 1. The van der Waals surface area contributed by atoms with Crippen LogP contribution in [0.2, 0.25) is 0 Å². The van der Waals surface area contributed by atoms with Gasteiger partial charge in [0, 0.05) is 29.3 Å². The quantitative estimate of drug-likeness (QED) is 0.642. The van der Waals surface area contributed by atoms with Gasteiger partial charge in [-0.3, -0.25) is 4.79 Å². The first-order valence-corrected chi connectivity index (χ1v) is 10.1. The van der Waals surface area contributed by atoms with E-state index in [-0.39, 0.29) is 11.7 Å². The van der Waals surface area contributed by atoms with E-state index in [1.165, 1.54) is 6.42 Å². The van der Waals surface area contributed by atoms with Crippen LogP contribution in [0.5, 0.6) is 5.75 Å². The number of benzene rings is 2. The third kappa shape index (κ3) is 3.98. The molecule has 4 nitrogen and oxygen atoms in total. The number of piperidine rings is 1. The zero-order valence-corrected chi connectivity index (χ0v) is 15.8. The van der Waals surface area contributed by atoms with Gasteiger partial charge in [-0.2, -0.15) is 0 Å². The van der Waals surface area contributed by atoms with Crippen LogP contribution in [0.3, 0.4) is 0 Å². The van der Waals surface area contributed by atoms with Crippen LogP contribution in [0.4, 0.5) is 11.4 Å². The molecule has 1 amide bonds. The van der Waals surface area contributed by atoms with Gasteiger partial charge < -0.3 is 15.3 Å². The second-order valence-corrected chi connectivity index (χ2v) is 7.71. The lowest BCUT2D eigenvalue weighted by molar-refractivity contribution is 0.102. The zero-order valence-electron chi connectivity index (χ0n) is 15.0. The number of thiophene rings is 1. The van der Waals surface area contributed by atoms with E-state index < -0.39 is 0 Å². The number of carbonyl (C=O) groups excluding carboxylic acids is 1. The molecule has 5 heteroatoms. The molecule has 0 atom stereocenters. The monoisotopic (exact) mass is 378 g/mol. The summed E-state index contributed by atoms with van der Waals surface area (Å²) < 4.78 is 0. The van der Waals surface area contributed by atoms with Crippen LogP contribution in [0.25, 0.3) is 10.4 Å². The molecule has 0 saturated carbocycles. The molecule has 1 saturated heterocycles. The number of hydrogen-bond acceptors (Lipinski definition) is 4. The van der Waals surface area contributed by atoms with E-state index in [1.54, 1.807) is 23.5 Å². The van der Waals surface area contributed by atoms with E-state index in [0.717, 1.165) is 42.1 Å². The number of carbonyl (C=O) groups is 1. The smallest absolute Gasteiger partial charge is 0.259 e. The molecule has 4 rings (SSSR count). The summed E-state index contributed by atoms with van der Waals surface area (Å²) in [4.78, 5) is 16.2. The molecule has 0 bridgehead atoms. The van der Waals surface area contributed by atoms with Crippen LogP contribution in [0, 0.1) is 0 Å². The van der Waals surface area contributed by atoms with Crippen molar-refractivity contribution in [3.05, 3.63) is 65.5 Å². The maximum atomic E-state index is 12.8. The first-order chi connectivity index (χ1) is 13.2. The third-order valence-corrected chi connectivity index (χ3v) is 5.79. The minimum atomic E-state index is -0.297. The molecule has 0 radical (unpaired) electrons. The first-order valence-electron chi connectivity index (χ1n) is 9.24. The van der Waals surface area contributed by atoms with Gasteiger partial charge in [-0.15, -0.1) is 11.3 Å². The number of aromatic hydroxyl groups is 1. The summed E-state index contributed by atoms with van der Waals surface area (Å²) in [5.41, 5.74) is 3.08. The van der Waals surface area contributed by atoms with Crippen LogP contribution in [0.1, 0.15) is 29.6 Å². The van der Waals surface area contributed by atoms with Gasteiger partial charge in [0.25, 0.3) is 5.91 Å². The molecule has 2 aromatic carbocycles. The Bertz CT molecular complexity index is 931. The van der Waals surface area contributed by atoms with Gasteiger partial charge in [0.1, 0.15) is 5.75 Å². The number of anilines is 2. The van der Waals surface area contributed by atoms with Crippen molar-refractivity contribution < 1.29 is 9.90 Å². The fourth-order valence-corrected chi connectivity index (χ4v) is 4.17. The maximum absolute atomic E-state index is 12.8. The summed E-state index contributed by atoms with van der Waals surface area (Å²) in [6, 6.07) is 17.1. The van der Waals surface area contributed by atoms with Gasteiger partial charge >= 0.3 is 0 Å². The van der Waals surface area contributed by atoms with Crippen molar-refractivity contribution in [3.63, 3.8) is 0 Å². The van der Waals surface area contributed by atoms with Crippen LogP contribution < -0.4 is 10.2 Å². The lowest BCUT2D eigenvalue weighted by atomic mass is 10.1. The Labute approximate surface area is 163 Å². The molecule has 1 fully saturated rings. The first kappa shape index (κ1) is 17.6. The Morgan fingerprint density at radius 1 is 1.00 bits per heavy atom. The molecule has 0 spiro atoms. The fraction of sp³-hybridized carbons (Fsp3) is 0.227. The van der Waals surface area contributed by atoms with Crippen molar-refractivity contribution >= 4 is 28.6 Å². The van der Waals surface area contributed by atoms with Gasteiger partial charge in [0.15, 0.2) is 0 Å². The largest absolute Gasteiger partial charge is 0.507 e. The Balaban J connectivity index is 1.55. The lowest BCUT2D eigenvalue weighted by Gasteiger charge is -2.29. The minimum absolute atomic E-state index is 0.00247. The Kier molecular flexibility index (Phi) is 5.12. The molecule has 0 unspecified atom stereocenters. The molecule has 1 aliphatic heterocycles. The van der Waals surface area contributed by atoms with Crippen LogP contribution in [-0.2, 0) is 0 Å². The van der Waals surface area contributed by atoms with Crippen LogP contribution in [0.15, 0.2) is 60.0 Å². The molecule has 2 N–H and O–H groups in total. The molecule has 138 valence electrons. The number of phenolic OH excluding ortho intramolecular Hbond substituents is 1. The van der Waals surface area contributed by atoms with Crippen molar-refractivity contribution in [2.45, 2.75) is 19.3 Å². The van der Waals surface area contributed by atoms with E-state index in [4.69, 9.17) is 0 Å². The highest BCUT2D eigenvalue weighted by Gasteiger charge is 2.17. The average molecular weight is 378 g/mol. The Hall–Kier alpha value is -2.79. The molecular formula is C22H22N2O2S. The van der Waals surface area contributed by atoms with Gasteiger partial charge in [0.2, 0.25) is 0 Å². The summed E-state index contributed by atoms with van der Waals surface area (Å²) >= 11 is 1.66. The van der Waals surface area contributed by atoms with Crippen molar-refractivity contribution in [2.75, 3.05) is 23.3 Å². The van der Waals surface area contributed by atoms with Crippen LogP contribution >= 0.6 is 11.3 Å². The highest BCUT2D eigenvalue weighted by molar-refractivity contribution is 7.13. The standard InChI is InChI=1S/C22H22N2O2S/c25-20-10-9-18(24-11-2-1-3-12-24)15-19(20)22(26)23-17-7-4-6-16(14-17)21-8-5-13-27-21/h4-10,13-15,25H,1-3,11-12H2,(H,23,26). The van der Waals surface area contributed by atoms with Crippen molar-refractivity contribution in [1.29, 1.82) is 0 Å². The summed E-state index contributed by atoms with van der Waals surface area (Å²) in [6.07, 6.45) is 3.58. The summed E-state index contributed by atoms with van der Waals surface area (Å²) in [5.74, 6) is -0.294. The summed E-state index contributed by atoms with van der Waals surface area (Å²) in [5, 5.41) is 15.2. The minimum Gasteiger partial charge on any atom is -0.507 e. The summed E-state index contributed by atoms with van der Waals surface area (Å²) in [7, 11) is 0. The number of amides is 1. The SMILES string of the molecule is O=C(Nc1cccc(-c2cccs2)c1)c1cc(N2CCCCC2)ccc1O. The second kappa shape index (κ2) is 7.84. The second-order valence-electron chi connectivity index (χ2n) is 6.76. The molecule has 1 aromatic heterocycles. The van der Waals surface area contributed by atoms with Gasteiger partial charge in [0.05, 0.1) is 5.56 Å². The summed E-state index contributed by atoms with van der Waals surface area (Å²) in [6.45, 7) is 1.99. The molecule has 2 heterocycles. The van der Waals surface area contributed by atoms with Crippen LogP contribution in [-0.4, -0.2) is 24.1 Å². The van der Waals surface area contributed by atoms with E-state index >= 15 is 0 Å². The fourth-order valence-electron chi connectivity index (χ4n) is 3.45. The Morgan fingerprint density at radius 3 is 2.63 bits per heavy atom. The number of rotatable bonds is 4. The van der Waals surface area contributed by atoms with E-state index in [0.29, 0.717) is 11.3 Å². The highest BCUT2D eigenvalue weighted by Crippen LogP contribution is 2.29. The molecular weight excluding hydrogens is 356 g/mol. The Morgan fingerprint density at radius 2 is 1.85 bits per heavy atom. The topological polar surface area (TPSA) is 52.6 Å².